The van der Waals surface area contributed by atoms with E-state index >= 15 is 0 Å². The Morgan fingerprint density at radius 3 is 2.65 bits per heavy atom. The Balaban J connectivity index is 3.18. The summed E-state index contributed by atoms with van der Waals surface area (Å²) in [5.41, 5.74) is -0.00356. The van der Waals surface area contributed by atoms with Crippen LogP contribution in [0.4, 0.5) is 5.69 Å². The maximum Gasteiger partial charge on any atom is 0.342 e. The number of rotatable bonds is 3. The average molecular weight is 258 g/mol. The SMILES string of the molecule is CCOC(=O)c1cc(Cl)cc(NC(C)=O)c1O. The third-order valence-electron chi connectivity index (χ3n) is 1.88. The van der Waals surface area contributed by atoms with Gasteiger partial charge in [0.15, 0.2) is 5.75 Å². The molecule has 92 valence electrons. The van der Waals surface area contributed by atoms with Crippen molar-refractivity contribution in [3.8, 4) is 5.75 Å². The van der Waals surface area contributed by atoms with E-state index in [0.29, 0.717) is 0 Å². The highest BCUT2D eigenvalue weighted by atomic mass is 35.5. The molecule has 5 nitrogen and oxygen atoms in total. The highest BCUT2D eigenvalue weighted by Crippen LogP contribution is 2.32. The van der Waals surface area contributed by atoms with Crippen molar-refractivity contribution in [3.63, 3.8) is 0 Å². The minimum absolute atomic E-state index is 0.0769. The highest BCUT2D eigenvalue weighted by molar-refractivity contribution is 6.31. The molecule has 17 heavy (non-hydrogen) atoms. The van der Waals surface area contributed by atoms with Gasteiger partial charge in [0.2, 0.25) is 5.91 Å². The van der Waals surface area contributed by atoms with E-state index in [9.17, 15) is 14.7 Å². The molecular weight excluding hydrogens is 246 g/mol. The summed E-state index contributed by atoms with van der Waals surface area (Å²) in [6, 6.07) is 2.63. The van der Waals surface area contributed by atoms with Crippen LogP contribution < -0.4 is 5.32 Å². The number of amides is 1. The molecule has 2 N–H and O–H groups in total. The summed E-state index contributed by atoms with van der Waals surface area (Å²) in [7, 11) is 0. The molecule has 0 unspecified atom stereocenters. The number of ether oxygens (including phenoxy) is 1. The van der Waals surface area contributed by atoms with Crippen LogP contribution in [0.3, 0.4) is 0 Å². The van der Waals surface area contributed by atoms with Gasteiger partial charge in [-0.05, 0) is 19.1 Å². The number of nitrogens with one attached hydrogen (secondary N) is 1. The second-order valence-corrected chi connectivity index (χ2v) is 3.69. The third-order valence-corrected chi connectivity index (χ3v) is 2.10. The Hall–Kier alpha value is -1.75. The van der Waals surface area contributed by atoms with E-state index < -0.39 is 5.97 Å². The van der Waals surface area contributed by atoms with Crippen LogP contribution in [-0.2, 0) is 9.53 Å². The van der Waals surface area contributed by atoms with Gasteiger partial charge in [-0.25, -0.2) is 4.79 Å². The van der Waals surface area contributed by atoms with Gasteiger partial charge in [-0.1, -0.05) is 11.6 Å². The molecule has 1 rings (SSSR count). The van der Waals surface area contributed by atoms with Crippen molar-refractivity contribution in [1.82, 2.24) is 0 Å². The second-order valence-electron chi connectivity index (χ2n) is 3.25. The monoisotopic (exact) mass is 257 g/mol. The Labute approximate surface area is 103 Å². The fraction of sp³-hybridized carbons (Fsp3) is 0.273. The molecule has 0 radical (unpaired) electrons. The van der Waals surface area contributed by atoms with Crippen molar-refractivity contribution >= 4 is 29.2 Å². The van der Waals surface area contributed by atoms with Gasteiger partial charge >= 0.3 is 5.97 Å². The molecule has 1 aromatic rings. The zero-order valence-electron chi connectivity index (χ0n) is 9.41. The fourth-order valence-corrected chi connectivity index (χ4v) is 1.47. The zero-order valence-corrected chi connectivity index (χ0v) is 10.2. The van der Waals surface area contributed by atoms with Crippen molar-refractivity contribution in [2.75, 3.05) is 11.9 Å². The first-order valence-corrected chi connectivity index (χ1v) is 5.30. The smallest absolute Gasteiger partial charge is 0.342 e. The molecule has 0 fully saturated rings. The predicted octanol–water partition coefficient (Wildman–Crippen LogP) is 2.18. The number of anilines is 1. The number of carbonyl (C=O) groups excluding carboxylic acids is 2. The van der Waals surface area contributed by atoms with E-state index in [-0.39, 0.29) is 34.5 Å². The zero-order chi connectivity index (χ0) is 13.0. The summed E-state index contributed by atoms with van der Waals surface area (Å²) in [5, 5.41) is 12.4. The summed E-state index contributed by atoms with van der Waals surface area (Å²) in [6.45, 7) is 3.11. The van der Waals surface area contributed by atoms with Crippen LogP contribution in [0.25, 0.3) is 0 Å². The van der Waals surface area contributed by atoms with Gasteiger partial charge in [-0.15, -0.1) is 0 Å². The summed E-state index contributed by atoms with van der Waals surface area (Å²) in [5.74, 6) is -1.43. The quantitative estimate of drug-likeness (QED) is 0.643. The van der Waals surface area contributed by atoms with Crippen molar-refractivity contribution in [1.29, 1.82) is 0 Å². The Morgan fingerprint density at radius 1 is 1.47 bits per heavy atom. The first-order chi connectivity index (χ1) is 7.95. The van der Waals surface area contributed by atoms with Gasteiger partial charge in [0.25, 0.3) is 0 Å². The van der Waals surface area contributed by atoms with E-state index in [1.54, 1.807) is 6.92 Å². The molecule has 0 heterocycles. The largest absolute Gasteiger partial charge is 0.505 e. The number of halogens is 1. The number of hydrogen-bond acceptors (Lipinski definition) is 4. The maximum absolute atomic E-state index is 11.5. The number of phenols is 1. The lowest BCUT2D eigenvalue weighted by atomic mass is 10.1. The minimum Gasteiger partial charge on any atom is -0.505 e. The normalized spacial score (nSPS) is 9.82. The number of carbonyl (C=O) groups is 2. The number of esters is 1. The molecule has 0 aliphatic carbocycles. The molecule has 0 aliphatic rings. The van der Waals surface area contributed by atoms with Crippen molar-refractivity contribution < 1.29 is 19.4 Å². The molecular formula is C11H12ClNO4. The Kier molecular flexibility index (Phi) is 4.34. The summed E-state index contributed by atoms with van der Waals surface area (Å²) in [6.07, 6.45) is 0. The van der Waals surface area contributed by atoms with E-state index in [0.717, 1.165) is 0 Å². The lowest BCUT2D eigenvalue weighted by Crippen LogP contribution is -2.09. The van der Waals surface area contributed by atoms with Gasteiger partial charge in [-0.3, -0.25) is 4.79 Å². The maximum atomic E-state index is 11.5. The summed E-state index contributed by atoms with van der Waals surface area (Å²) < 4.78 is 4.75. The van der Waals surface area contributed by atoms with E-state index in [2.05, 4.69) is 5.32 Å². The molecule has 0 aliphatic heterocycles. The van der Waals surface area contributed by atoms with E-state index in [1.165, 1.54) is 19.1 Å². The Bertz CT molecular complexity index is 459. The van der Waals surface area contributed by atoms with Crippen LogP contribution in [0.1, 0.15) is 24.2 Å². The van der Waals surface area contributed by atoms with Crippen LogP contribution in [0.5, 0.6) is 5.75 Å². The summed E-state index contributed by atoms with van der Waals surface area (Å²) in [4.78, 5) is 22.4. The molecule has 0 aromatic heterocycles. The number of aromatic hydroxyl groups is 1. The lowest BCUT2D eigenvalue weighted by Gasteiger charge is -2.10. The van der Waals surface area contributed by atoms with Gasteiger partial charge in [0, 0.05) is 11.9 Å². The van der Waals surface area contributed by atoms with Crippen molar-refractivity contribution in [2.45, 2.75) is 13.8 Å². The van der Waals surface area contributed by atoms with Crippen molar-refractivity contribution in [2.24, 2.45) is 0 Å². The van der Waals surface area contributed by atoms with Gasteiger partial charge < -0.3 is 15.2 Å². The standard InChI is InChI=1S/C11H12ClNO4/c1-3-17-11(16)8-4-7(12)5-9(10(8)15)13-6(2)14/h4-5,15H,3H2,1-2H3,(H,13,14). The molecule has 6 heteroatoms. The van der Waals surface area contributed by atoms with Gasteiger partial charge in [0.05, 0.1) is 12.3 Å². The van der Waals surface area contributed by atoms with Crippen LogP contribution in [0, 0.1) is 0 Å². The van der Waals surface area contributed by atoms with Gasteiger partial charge in [-0.2, -0.15) is 0 Å². The molecule has 0 saturated carbocycles. The van der Waals surface area contributed by atoms with Crippen LogP contribution in [0.2, 0.25) is 5.02 Å². The fourth-order valence-electron chi connectivity index (χ4n) is 1.25. The Morgan fingerprint density at radius 2 is 2.12 bits per heavy atom. The molecule has 0 atom stereocenters. The molecule has 0 spiro atoms. The first kappa shape index (κ1) is 13.3. The first-order valence-electron chi connectivity index (χ1n) is 4.93. The second kappa shape index (κ2) is 5.54. The van der Waals surface area contributed by atoms with Crippen molar-refractivity contribution in [3.05, 3.63) is 22.7 Å². The topological polar surface area (TPSA) is 75.6 Å². The van der Waals surface area contributed by atoms with Gasteiger partial charge in [0.1, 0.15) is 5.56 Å². The van der Waals surface area contributed by atoms with E-state index in [1.807, 2.05) is 0 Å². The number of phenolic OH excluding ortho intramolecular Hbond substituents is 1. The predicted molar refractivity (Wildman–Crippen MR) is 63.4 cm³/mol. The molecule has 1 aromatic carbocycles. The van der Waals surface area contributed by atoms with Crippen LogP contribution >= 0.6 is 11.6 Å². The average Bonchev–Trinajstić information content (AvgIpc) is 2.22. The molecule has 1 amide bonds. The number of hydrogen-bond donors (Lipinski definition) is 2. The van der Waals surface area contributed by atoms with E-state index in [4.69, 9.17) is 16.3 Å². The molecule has 0 saturated heterocycles. The highest BCUT2D eigenvalue weighted by Gasteiger charge is 2.17. The van der Waals surface area contributed by atoms with Crippen LogP contribution in [-0.4, -0.2) is 23.6 Å². The van der Waals surface area contributed by atoms with Crippen LogP contribution in [0.15, 0.2) is 12.1 Å². The number of benzene rings is 1. The minimum atomic E-state index is -0.695. The lowest BCUT2D eigenvalue weighted by molar-refractivity contribution is -0.114. The molecule has 0 bridgehead atoms. The summed E-state index contributed by atoms with van der Waals surface area (Å²) >= 11 is 5.78. The third kappa shape index (κ3) is 3.35.